The highest BCUT2D eigenvalue weighted by Gasteiger charge is 2.30. The average molecular weight is 496 g/mol. The Hall–Kier alpha value is -3.24. The fourth-order valence-corrected chi connectivity index (χ4v) is 6.18. The summed E-state index contributed by atoms with van der Waals surface area (Å²) >= 11 is 0. The van der Waals surface area contributed by atoms with Crippen LogP contribution in [-0.2, 0) is 15.8 Å². The Bertz CT molecular complexity index is 1300. The van der Waals surface area contributed by atoms with Crippen LogP contribution < -0.4 is 15.2 Å². The predicted octanol–water partition coefficient (Wildman–Crippen LogP) is 2.60. The van der Waals surface area contributed by atoms with Gasteiger partial charge in [-0.1, -0.05) is 36.4 Å². The van der Waals surface area contributed by atoms with E-state index >= 15 is 0 Å². The molecule has 0 spiro atoms. The number of rotatable bonds is 7. The Morgan fingerprint density at radius 2 is 1.66 bits per heavy atom. The summed E-state index contributed by atoms with van der Waals surface area (Å²) in [4.78, 5) is 19.7. The van der Waals surface area contributed by atoms with E-state index < -0.39 is 10.0 Å². The fraction of sp³-hybridized carbons (Fsp3) is 0.400. The number of pyridine rings is 1. The van der Waals surface area contributed by atoms with Crippen LogP contribution in [0.25, 0.3) is 5.82 Å². The predicted molar refractivity (Wildman–Crippen MR) is 133 cm³/mol. The molecule has 0 N–H and O–H groups in total. The molecule has 1 aromatic carbocycles. The molecule has 184 valence electrons. The molecule has 1 saturated heterocycles. The van der Waals surface area contributed by atoms with Gasteiger partial charge in [-0.25, -0.2) is 13.4 Å². The maximum absolute atomic E-state index is 13.4. The van der Waals surface area contributed by atoms with E-state index in [4.69, 9.17) is 4.74 Å². The number of aromatic nitrogens is 3. The lowest BCUT2D eigenvalue weighted by Crippen LogP contribution is -2.49. The maximum Gasteiger partial charge on any atom is 0.317 e. The van der Waals surface area contributed by atoms with E-state index in [9.17, 15) is 13.2 Å². The average Bonchev–Trinajstić information content (AvgIpc) is 3.39. The quantitative estimate of drug-likeness (QED) is 0.497. The Labute approximate surface area is 205 Å². The molecule has 3 aromatic rings. The molecule has 0 atom stereocenters. The molecule has 0 unspecified atom stereocenters. The largest absolute Gasteiger partial charge is 0.483 e. The smallest absolute Gasteiger partial charge is 0.317 e. The van der Waals surface area contributed by atoms with E-state index in [0.29, 0.717) is 37.7 Å². The number of benzene rings is 1. The standard InChI is InChI=1S/C25H29N5O4S/c31-25-24(34-21-10-4-5-11-21)22(18-27-30(25)23-12-6-7-13-26-23)28-14-16-29(17-15-28)35(32,33)19-20-8-2-1-3-9-20/h1-3,6-9,12-13,18,21H,4-5,10-11,14-17,19H2. The second-order valence-electron chi connectivity index (χ2n) is 8.92. The molecule has 2 fully saturated rings. The SMILES string of the molecule is O=c1c(OC2CCCC2)c(N2CCN(S(=O)(=O)Cc3ccccc3)CC2)cnn1-c1ccccn1. The van der Waals surface area contributed by atoms with E-state index in [1.165, 1.54) is 8.99 Å². The Morgan fingerprint density at radius 3 is 2.34 bits per heavy atom. The van der Waals surface area contributed by atoms with Crippen molar-refractivity contribution in [1.29, 1.82) is 0 Å². The molecular formula is C25H29N5O4S. The molecule has 5 rings (SSSR count). The van der Waals surface area contributed by atoms with Crippen molar-refractivity contribution in [3.05, 3.63) is 76.8 Å². The molecule has 10 heteroatoms. The fourth-order valence-electron chi connectivity index (χ4n) is 4.66. The summed E-state index contributed by atoms with van der Waals surface area (Å²) in [6.45, 7) is 1.57. The van der Waals surface area contributed by atoms with Gasteiger partial charge in [0.05, 0.1) is 18.1 Å². The zero-order valence-electron chi connectivity index (χ0n) is 19.5. The topological polar surface area (TPSA) is 97.6 Å². The third-order valence-corrected chi connectivity index (χ3v) is 8.38. The molecule has 1 aliphatic heterocycles. The van der Waals surface area contributed by atoms with Gasteiger partial charge >= 0.3 is 5.56 Å². The molecule has 0 amide bonds. The van der Waals surface area contributed by atoms with Gasteiger partial charge in [0, 0.05) is 32.4 Å². The second kappa shape index (κ2) is 10.2. The van der Waals surface area contributed by atoms with E-state index in [0.717, 1.165) is 31.2 Å². The highest BCUT2D eigenvalue weighted by Crippen LogP contribution is 2.30. The molecule has 2 aliphatic rings. The van der Waals surface area contributed by atoms with Crippen molar-refractivity contribution in [2.45, 2.75) is 37.5 Å². The summed E-state index contributed by atoms with van der Waals surface area (Å²) in [7, 11) is -3.44. The third-order valence-electron chi connectivity index (χ3n) is 6.53. The van der Waals surface area contributed by atoms with Gasteiger partial charge in [-0.2, -0.15) is 14.1 Å². The summed E-state index contributed by atoms with van der Waals surface area (Å²) in [6, 6.07) is 14.5. The molecule has 35 heavy (non-hydrogen) atoms. The van der Waals surface area contributed by atoms with Crippen LogP contribution >= 0.6 is 0 Å². The van der Waals surface area contributed by atoms with Gasteiger partial charge in [0.1, 0.15) is 5.69 Å². The summed E-state index contributed by atoms with van der Waals surface area (Å²) in [5, 5.41) is 4.37. The van der Waals surface area contributed by atoms with Crippen LogP contribution in [-0.4, -0.2) is 59.8 Å². The van der Waals surface area contributed by atoms with Gasteiger partial charge in [-0.15, -0.1) is 0 Å². The van der Waals surface area contributed by atoms with E-state index in [2.05, 4.69) is 10.1 Å². The first-order valence-corrected chi connectivity index (χ1v) is 13.6. The van der Waals surface area contributed by atoms with Crippen LogP contribution in [0.4, 0.5) is 5.69 Å². The summed E-state index contributed by atoms with van der Waals surface area (Å²) < 4.78 is 35.0. The minimum Gasteiger partial charge on any atom is -0.483 e. The van der Waals surface area contributed by atoms with Gasteiger partial charge in [0.2, 0.25) is 15.8 Å². The number of anilines is 1. The van der Waals surface area contributed by atoms with Crippen LogP contribution in [0.2, 0.25) is 0 Å². The van der Waals surface area contributed by atoms with Gasteiger partial charge in [0.15, 0.2) is 5.82 Å². The van der Waals surface area contributed by atoms with E-state index in [1.807, 2.05) is 35.2 Å². The van der Waals surface area contributed by atoms with Crippen molar-refractivity contribution in [3.8, 4) is 11.6 Å². The Kier molecular flexibility index (Phi) is 6.83. The van der Waals surface area contributed by atoms with Crippen molar-refractivity contribution in [1.82, 2.24) is 19.1 Å². The molecule has 2 aromatic heterocycles. The van der Waals surface area contributed by atoms with Crippen molar-refractivity contribution >= 4 is 15.7 Å². The van der Waals surface area contributed by atoms with Crippen LogP contribution in [0, 0.1) is 0 Å². The lowest BCUT2D eigenvalue weighted by atomic mass is 10.2. The van der Waals surface area contributed by atoms with Gasteiger partial charge in [-0.05, 0) is 43.4 Å². The van der Waals surface area contributed by atoms with Crippen LogP contribution in [0.15, 0.2) is 65.7 Å². The Balaban J connectivity index is 1.37. The molecule has 9 nitrogen and oxygen atoms in total. The minimum atomic E-state index is -3.44. The highest BCUT2D eigenvalue weighted by molar-refractivity contribution is 7.88. The lowest BCUT2D eigenvalue weighted by Gasteiger charge is -2.36. The molecule has 0 radical (unpaired) electrons. The first-order chi connectivity index (χ1) is 17.0. The zero-order chi connectivity index (χ0) is 24.3. The molecule has 3 heterocycles. The van der Waals surface area contributed by atoms with Gasteiger partial charge in [-0.3, -0.25) is 4.79 Å². The first kappa shape index (κ1) is 23.5. The lowest BCUT2D eigenvalue weighted by molar-refractivity contribution is 0.205. The minimum absolute atomic E-state index is 0.00595. The van der Waals surface area contributed by atoms with E-state index in [-0.39, 0.29) is 23.2 Å². The van der Waals surface area contributed by atoms with Crippen LogP contribution in [0.1, 0.15) is 31.2 Å². The van der Waals surface area contributed by atoms with E-state index in [1.54, 1.807) is 30.6 Å². The van der Waals surface area contributed by atoms with Crippen molar-refractivity contribution in [2.75, 3.05) is 31.1 Å². The third kappa shape index (κ3) is 5.23. The highest BCUT2D eigenvalue weighted by atomic mass is 32.2. The summed E-state index contributed by atoms with van der Waals surface area (Å²) in [5.74, 6) is 0.668. The molecule has 0 bridgehead atoms. The number of piperazine rings is 1. The van der Waals surface area contributed by atoms with Gasteiger partial charge in [0.25, 0.3) is 0 Å². The summed E-state index contributed by atoms with van der Waals surface area (Å²) in [5.41, 5.74) is 1.02. The van der Waals surface area contributed by atoms with Crippen LogP contribution in [0.5, 0.6) is 5.75 Å². The Morgan fingerprint density at radius 1 is 0.943 bits per heavy atom. The number of nitrogens with zero attached hydrogens (tertiary/aromatic N) is 5. The number of sulfonamides is 1. The number of ether oxygens (including phenoxy) is 1. The molecule has 1 aliphatic carbocycles. The number of hydrogen-bond donors (Lipinski definition) is 0. The van der Waals surface area contributed by atoms with Crippen LogP contribution in [0.3, 0.4) is 0 Å². The maximum atomic E-state index is 13.4. The van der Waals surface area contributed by atoms with Crippen molar-refractivity contribution in [3.63, 3.8) is 0 Å². The van der Waals surface area contributed by atoms with Gasteiger partial charge < -0.3 is 9.64 Å². The zero-order valence-corrected chi connectivity index (χ0v) is 20.3. The van der Waals surface area contributed by atoms with Crippen molar-refractivity contribution < 1.29 is 13.2 Å². The molecular weight excluding hydrogens is 466 g/mol. The van der Waals surface area contributed by atoms with Crippen molar-refractivity contribution in [2.24, 2.45) is 0 Å². The second-order valence-corrected chi connectivity index (χ2v) is 10.9. The normalized spacial score (nSPS) is 17.5. The monoisotopic (exact) mass is 495 g/mol. The molecule has 1 saturated carbocycles. The first-order valence-electron chi connectivity index (χ1n) is 12.0. The number of hydrogen-bond acceptors (Lipinski definition) is 7. The summed E-state index contributed by atoms with van der Waals surface area (Å²) in [6.07, 6.45) is 7.23.